The van der Waals surface area contributed by atoms with Crippen molar-refractivity contribution in [1.29, 1.82) is 0 Å². The van der Waals surface area contributed by atoms with Crippen LogP contribution in [-0.2, 0) is 4.74 Å². The third-order valence-corrected chi connectivity index (χ3v) is 2.51. The van der Waals surface area contributed by atoms with Crippen LogP contribution in [0, 0.1) is 0 Å². The van der Waals surface area contributed by atoms with E-state index in [0.717, 1.165) is 11.4 Å². The molecule has 96 valence electrons. The van der Waals surface area contributed by atoms with Crippen LogP contribution in [0.2, 0.25) is 0 Å². The van der Waals surface area contributed by atoms with Crippen LogP contribution in [0.3, 0.4) is 0 Å². The largest absolute Gasteiger partial charge is 0.497 e. The maximum Gasteiger partial charge on any atom is 0.121 e. The normalized spacial score (nSPS) is 10.3. The first-order valence-corrected chi connectivity index (χ1v) is 5.51. The predicted molar refractivity (Wildman–Crippen MR) is 68.6 cm³/mol. The van der Waals surface area contributed by atoms with Gasteiger partial charge >= 0.3 is 0 Å². The molecule has 0 aromatic heterocycles. The number of anilines is 2. The smallest absolute Gasteiger partial charge is 0.121 e. The molecule has 1 rings (SSSR count). The van der Waals surface area contributed by atoms with E-state index in [9.17, 15) is 0 Å². The maximum absolute atomic E-state index is 9.06. The van der Waals surface area contributed by atoms with Gasteiger partial charge in [-0.2, -0.15) is 0 Å². The molecule has 0 unspecified atom stereocenters. The highest BCUT2D eigenvalue weighted by Gasteiger charge is 2.10. The van der Waals surface area contributed by atoms with Gasteiger partial charge in [0.05, 0.1) is 31.7 Å². The van der Waals surface area contributed by atoms with E-state index in [2.05, 4.69) is 0 Å². The Kier molecular flexibility index (Phi) is 5.59. The van der Waals surface area contributed by atoms with Crippen LogP contribution in [0.15, 0.2) is 18.2 Å². The predicted octanol–water partition coefficient (Wildman–Crippen LogP) is 0.723. The van der Waals surface area contributed by atoms with Gasteiger partial charge in [-0.3, -0.25) is 0 Å². The van der Waals surface area contributed by atoms with Crippen LogP contribution in [-0.4, -0.2) is 45.6 Å². The third-order valence-electron chi connectivity index (χ3n) is 2.51. The standard InChI is InChI=1S/C12H20N2O3/c1-16-8-6-14(5-7-15)12-9-10(17-2)3-4-11(12)13/h3-4,9,15H,5-8,13H2,1-2H3. The number of hydrogen-bond donors (Lipinski definition) is 2. The van der Waals surface area contributed by atoms with Crippen molar-refractivity contribution in [2.75, 3.05) is 51.2 Å². The summed E-state index contributed by atoms with van der Waals surface area (Å²) in [5, 5.41) is 9.06. The van der Waals surface area contributed by atoms with Gasteiger partial charge in [0.1, 0.15) is 5.75 Å². The van der Waals surface area contributed by atoms with Gasteiger partial charge in [-0.05, 0) is 12.1 Å². The molecule has 0 atom stereocenters. The molecule has 0 saturated heterocycles. The number of rotatable bonds is 7. The minimum absolute atomic E-state index is 0.0698. The first kappa shape index (κ1) is 13.6. The Morgan fingerprint density at radius 3 is 2.65 bits per heavy atom. The molecule has 0 fully saturated rings. The molecule has 0 radical (unpaired) electrons. The second-order valence-corrected chi connectivity index (χ2v) is 3.63. The number of nitrogens with two attached hydrogens (primary N) is 1. The Hall–Kier alpha value is -1.46. The summed E-state index contributed by atoms with van der Waals surface area (Å²) in [6.07, 6.45) is 0. The summed E-state index contributed by atoms with van der Waals surface area (Å²) in [4.78, 5) is 1.97. The highest BCUT2D eigenvalue weighted by molar-refractivity contribution is 5.69. The fourth-order valence-electron chi connectivity index (χ4n) is 1.60. The van der Waals surface area contributed by atoms with E-state index in [1.807, 2.05) is 17.0 Å². The Bertz CT molecular complexity index is 345. The van der Waals surface area contributed by atoms with E-state index in [1.165, 1.54) is 0 Å². The van der Waals surface area contributed by atoms with Crippen molar-refractivity contribution in [3.05, 3.63) is 18.2 Å². The van der Waals surface area contributed by atoms with Crippen molar-refractivity contribution in [2.45, 2.75) is 0 Å². The van der Waals surface area contributed by atoms with Crippen LogP contribution in [0.5, 0.6) is 5.75 Å². The molecule has 0 bridgehead atoms. The van der Waals surface area contributed by atoms with Crippen LogP contribution in [0.1, 0.15) is 0 Å². The molecule has 5 heteroatoms. The molecule has 0 heterocycles. The van der Waals surface area contributed by atoms with E-state index >= 15 is 0 Å². The number of nitrogens with zero attached hydrogens (tertiary/aromatic N) is 1. The van der Waals surface area contributed by atoms with Crippen molar-refractivity contribution in [1.82, 2.24) is 0 Å². The van der Waals surface area contributed by atoms with Crippen molar-refractivity contribution in [3.63, 3.8) is 0 Å². The number of ether oxygens (including phenoxy) is 2. The average molecular weight is 240 g/mol. The Labute approximate surface area is 102 Å². The van der Waals surface area contributed by atoms with E-state index in [0.29, 0.717) is 25.4 Å². The quantitative estimate of drug-likeness (QED) is 0.687. The Morgan fingerprint density at radius 2 is 2.06 bits per heavy atom. The zero-order chi connectivity index (χ0) is 12.7. The van der Waals surface area contributed by atoms with Crippen LogP contribution < -0.4 is 15.4 Å². The second-order valence-electron chi connectivity index (χ2n) is 3.63. The Balaban J connectivity index is 2.90. The molecule has 5 nitrogen and oxygen atoms in total. The summed E-state index contributed by atoms with van der Waals surface area (Å²) in [5.41, 5.74) is 7.45. The SMILES string of the molecule is COCCN(CCO)c1cc(OC)ccc1N. The van der Waals surface area contributed by atoms with Gasteiger partial charge in [0.2, 0.25) is 0 Å². The van der Waals surface area contributed by atoms with E-state index in [-0.39, 0.29) is 6.61 Å². The van der Waals surface area contributed by atoms with Gasteiger partial charge in [-0.15, -0.1) is 0 Å². The summed E-state index contributed by atoms with van der Waals surface area (Å²) in [6.45, 7) is 1.84. The molecule has 17 heavy (non-hydrogen) atoms. The van der Waals surface area contributed by atoms with Gasteiger partial charge in [-0.25, -0.2) is 0 Å². The van der Waals surface area contributed by atoms with Gasteiger partial charge < -0.3 is 25.2 Å². The highest BCUT2D eigenvalue weighted by atomic mass is 16.5. The first-order chi connectivity index (χ1) is 8.22. The number of aliphatic hydroxyl groups is 1. The number of aliphatic hydroxyl groups excluding tert-OH is 1. The average Bonchev–Trinajstić information content (AvgIpc) is 2.35. The van der Waals surface area contributed by atoms with Gasteiger partial charge in [-0.1, -0.05) is 0 Å². The van der Waals surface area contributed by atoms with Crippen molar-refractivity contribution >= 4 is 11.4 Å². The minimum atomic E-state index is 0.0698. The molecule has 0 saturated carbocycles. The van der Waals surface area contributed by atoms with E-state index < -0.39 is 0 Å². The monoisotopic (exact) mass is 240 g/mol. The second kappa shape index (κ2) is 6.98. The molecule has 3 N–H and O–H groups in total. The molecule has 0 spiro atoms. The fraction of sp³-hybridized carbons (Fsp3) is 0.500. The zero-order valence-electron chi connectivity index (χ0n) is 10.3. The highest BCUT2D eigenvalue weighted by Crippen LogP contribution is 2.27. The van der Waals surface area contributed by atoms with E-state index in [1.54, 1.807) is 20.3 Å². The molecule has 0 aliphatic rings. The molecular formula is C12H20N2O3. The van der Waals surface area contributed by atoms with Gasteiger partial charge in [0, 0.05) is 26.3 Å². The minimum Gasteiger partial charge on any atom is -0.497 e. The van der Waals surface area contributed by atoms with Gasteiger partial charge in [0.15, 0.2) is 0 Å². The molecule has 0 amide bonds. The first-order valence-electron chi connectivity index (χ1n) is 5.51. The topological polar surface area (TPSA) is 68.0 Å². The molecular weight excluding hydrogens is 220 g/mol. The molecule has 0 aliphatic heterocycles. The van der Waals surface area contributed by atoms with E-state index in [4.69, 9.17) is 20.3 Å². The fourth-order valence-corrected chi connectivity index (χ4v) is 1.60. The summed E-state index contributed by atoms with van der Waals surface area (Å²) in [6, 6.07) is 5.47. The number of benzene rings is 1. The summed E-state index contributed by atoms with van der Waals surface area (Å²) in [7, 11) is 3.26. The lowest BCUT2D eigenvalue weighted by molar-refractivity contribution is 0.203. The lowest BCUT2D eigenvalue weighted by Crippen LogP contribution is -2.30. The maximum atomic E-state index is 9.06. The van der Waals surface area contributed by atoms with Crippen LogP contribution >= 0.6 is 0 Å². The molecule has 1 aromatic rings. The van der Waals surface area contributed by atoms with Gasteiger partial charge in [0.25, 0.3) is 0 Å². The number of nitrogen functional groups attached to an aromatic ring is 1. The van der Waals surface area contributed by atoms with Crippen molar-refractivity contribution in [3.8, 4) is 5.75 Å². The third kappa shape index (κ3) is 3.80. The number of hydrogen-bond acceptors (Lipinski definition) is 5. The summed E-state index contributed by atoms with van der Waals surface area (Å²) >= 11 is 0. The Morgan fingerprint density at radius 1 is 1.29 bits per heavy atom. The molecule has 0 aliphatic carbocycles. The van der Waals surface area contributed by atoms with Crippen LogP contribution in [0.25, 0.3) is 0 Å². The lowest BCUT2D eigenvalue weighted by Gasteiger charge is -2.25. The molecule has 1 aromatic carbocycles. The lowest BCUT2D eigenvalue weighted by atomic mass is 10.2. The van der Waals surface area contributed by atoms with Crippen molar-refractivity contribution < 1.29 is 14.6 Å². The van der Waals surface area contributed by atoms with Crippen molar-refractivity contribution in [2.24, 2.45) is 0 Å². The summed E-state index contributed by atoms with van der Waals surface area (Å²) in [5.74, 6) is 0.745. The number of methoxy groups -OCH3 is 2. The summed E-state index contributed by atoms with van der Waals surface area (Å²) < 4.78 is 10.2. The zero-order valence-corrected chi connectivity index (χ0v) is 10.3. The van der Waals surface area contributed by atoms with Crippen LogP contribution in [0.4, 0.5) is 11.4 Å².